The number of hydrogen-bond donors (Lipinski definition) is 1. The molecule has 0 radical (unpaired) electrons. The van der Waals surface area contributed by atoms with Gasteiger partial charge in [0.1, 0.15) is 5.75 Å². The van der Waals surface area contributed by atoms with Crippen molar-refractivity contribution in [2.75, 3.05) is 26.8 Å². The van der Waals surface area contributed by atoms with Gasteiger partial charge in [-0.25, -0.2) is 0 Å². The van der Waals surface area contributed by atoms with Crippen molar-refractivity contribution >= 4 is 5.91 Å². The SMILES string of the molecule is COc1cccc(CCC(=O)N[C@H]2C[C@H]3CO[C@H](C4CC4)CN3C2)c1. The van der Waals surface area contributed by atoms with Gasteiger partial charge in [0.15, 0.2) is 0 Å². The molecule has 0 spiro atoms. The number of carbonyl (C=O) groups excluding carboxylic acids is 1. The zero-order chi connectivity index (χ0) is 17.2. The molecule has 1 saturated carbocycles. The second-order valence-corrected chi connectivity index (χ2v) is 7.67. The van der Waals surface area contributed by atoms with Crippen LogP contribution in [0.1, 0.15) is 31.2 Å². The molecule has 2 heterocycles. The van der Waals surface area contributed by atoms with Crippen molar-refractivity contribution in [3.05, 3.63) is 29.8 Å². The average molecular weight is 344 g/mol. The van der Waals surface area contributed by atoms with Gasteiger partial charge in [-0.05, 0) is 49.3 Å². The summed E-state index contributed by atoms with van der Waals surface area (Å²) in [6, 6.07) is 8.69. The van der Waals surface area contributed by atoms with Crippen molar-refractivity contribution in [3.63, 3.8) is 0 Å². The first kappa shape index (κ1) is 16.9. The first-order chi connectivity index (χ1) is 12.2. The van der Waals surface area contributed by atoms with Crippen molar-refractivity contribution in [2.45, 2.75) is 50.3 Å². The van der Waals surface area contributed by atoms with Crippen LogP contribution in [0.4, 0.5) is 0 Å². The lowest BCUT2D eigenvalue weighted by molar-refractivity contribution is -0.121. The van der Waals surface area contributed by atoms with Crippen molar-refractivity contribution < 1.29 is 14.3 Å². The molecule has 0 unspecified atom stereocenters. The third kappa shape index (κ3) is 4.15. The van der Waals surface area contributed by atoms with Gasteiger partial charge in [-0.1, -0.05) is 12.1 Å². The molecule has 1 aromatic rings. The summed E-state index contributed by atoms with van der Waals surface area (Å²) < 4.78 is 11.3. The maximum atomic E-state index is 12.3. The molecule has 2 saturated heterocycles. The average Bonchev–Trinajstić information content (AvgIpc) is 3.40. The van der Waals surface area contributed by atoms with Gasteiger partial charge in [-0.2, -0.15) is 0 Å². The Labute approximate surface area is 149 Å². The number of benzene rings is 1. The van der Waals surface area contributed by atoms with E-state index in [0.717, 1.165) is 49.8 Å². The van der Waals surface area contributed by atoms with E-state index in [1.54, 1.807) is 7.11 Å². The van der Waals surface area contributed by atoms with Gasteiger partial charge in [-0.3, -0.25) is 9.69 Å². The van der Waals surface area contributed by atoms with E-state index in [2.05, 4.69) is 10.2 Å². The lowest BCUT2D eigenvalue weighted by Crippen LogP contribution is -2.47. The standard InChI is InChI=1S/C20H28N2O3/c1-24-18-4-2-3-14(9-18)5-8-20(23)21-16-10-17-13-25-19(15-6-7-15)12-22(17)11-16/h2-4,9,15-17,19H,5-8,10-13H2,1H3,(H,21,23)/t16-,17-,19-/m0/s1. The minimum atomic E-state index is 0.146. The van der Waals surface area contributed by atoms with Crippen LogP contribution in [0, 0.1) is 5.92 Å². The molecule has 3 aliphatic rings. The number of ether oxygens (including phenoxy) is 2. The van der Waals surface area contributed by atoms with E-state index in [9.17, 15) is 4.79 Å². The predicted molar refractivity (Wildman–Crippen MR) is 95.7 cm³/mol. The summed E-state index contributed by atoms with van der Waals surface area (Å²) in [4.78, 5) is 14.9. The van der Waals surface area contributed by atoms with Crippen molar-refractivity contribution in [2.24, 2.45) is 5.92 Å². The molecule has 5 heteroatoms. The molecule has 0 bridgehead atoms. The summed E-state index contributed by atoms with van der Waals surface area (Å²) in [5.41, 5.74) is 1.14. The fraction of sp³-hybridized carbons (Fsp3) is 0.650. The van der Waals surface area contributed by atoms with Crippen LogP contribution in [0.15, 0.2) is 24.3 Å². The topological polar surface area (TPSA) is 50.8 Å². The fourth-order valence-corrected chi connectivity index (χ4v) is 4.14. The molecule has 0 aromatic heterocycles. The van der Waals surface area contributed by atoms with Crippen LogP contribution in [0.25, 0.3) is 0 Å². The highest BCUT2D eigenvalue weighted by Crippen LogP contribution is 2.37. The minimum Gasteiger partial charge on any atom is -0.497 e. The van der Waals surface area contributed by atoms with E-state index in [1.807, 2.05) is 24.3 Å². The lowest BCUT2D eigenvalue weighted by Gasteiger charge is -2.35. The van der Waals surface area contributed by atoms with Gasteiger partial charge in [0.05, 0.1) is 19.8 Å². The number of fused-ring (bicyclic) bond motifs is 1. The Balaban J connectivity index is 1.23. The number of morpholine rings is 1. The van der Waals surface area contributed by atoms with E-state index in [4.69, 9.17) is 9.47 Å². The lowest BCUT2D eigenvalue weighted by atomic mass is 10.1. The minimum absolute atomic E-state index is 0.146. The molecule has 2 aliphatic heterocycles. The van der Waals surface area contributed by atoms with Crippen LogP contribution in [-0.2, 0) is 16.0 Å². The zero-order valence-corrected chi connectivity index (χ0v) is 14.9. The Morgan fingerprint density at radius 1 is 1.36 bits per heavy atom. The molecule has 1 aromatic carbocycles. The first-order valence-electron chi connectivity index (χ1n) is 9.49. The maximum Gasteiger partial charge on any atom is 0.220 e. The molecule has 5 nitrogen and oxygen atoms in total. The Kier molecular flexibility index (Phi) is 4.95. The molecule has 1 N–H and O–H groups in total. The van der Waals surface area contributed by atoms with Crippen LogP contribution in [-0.4, -0.2) is 55.8 Å². The number of aryl methyl sites for hydroxylation is 1. The van der Waals surface area contributed by atoms with E-state index in [0.29, 0.717) is 18.6 Å². The van der Waals surface area contributed by atoms with Gasteiger partial charge in [0.2, 0.25) is 5.91 Å². The van der Waals surface area contributed by atoms with Crippen LogP contribution < -0.4 is 10.1 Å². The maximum absolute atomic E-state index is 12.3. The number of rotatable bonds is 6. The van der Waals surface area contributed by atoms with Gasteiger partial charge in [0.25, 0.3) is 0 Å². The number of hydrogen-bond acceptors (Lipinski definition) is 4. The molecule has 3 fully saturated rings. The summed E-state index contributed by atoms with van der Waals surface area (Å²) in [5, 5.41) is 3.23. The number of nitrogens with one attached hydrogen (secondary N) is 1. The van der Waals surface area contributed by atoms with E-state index in [1.165, 1.54) is 12.8 Å². The van der Waals surface area contributed by atoms with Crippen LogP contribution in [0.3, 0.4) is 0 Å². The smallest absolute Gasteiger partial charge is 0.220 e. The number of nitrogens with zero attached hydrogens (tertiary/aromatic N) is 1. The third-order valence-corrected chi connectivity index (χ3v) is 5.73. The molecule has 4 rings (SSSR count). The van der Waals surface area contributed by atoms with Crippen molar-refractivity contribution in [3.8, 4) is 5.75 Å². The van der Waals surface area contributed by atoms with Gasteiger partial charge in [0, 0.05) is 31.6 Å². The second kappa shape index (κ2) is 7.34. The Morgan fingerprint density at radius 3 is 3.04 bits per heavy atom. The van der Waals surface area contributed by atoms with Crippen molar-refractivity contribution in [1.29, 1.82) is 0 Å². The van der Waals surface area contributed by atoms with Crippen LogP contribution in [0.2, 0.25) is 0 Å². The number of amides is 1. The normalized spacial score (nSPS) is 29.2. The number of carbonyl (C=O) groups is 1. The molecule has 1 aliphatic carbocycles. The Morgan fingerprint density at radius 2 is 2.24 bits per heavy atom. The molecular weight excluding hydrogens is 316 g/mol. The van der Waals surface area contributed by atoms with E-state index < -0.39 is 0 Å². The molecule has 1 amide bonds. The van der Waals surface area contributed by atoms with Gasteiger partial charge in [-0.15, -0.1) is 0 Å². The Hall–Kier alpha value is -1.59. The summed E-state index contributed by atoms with van der Waals surface area (Å²) in [6.45, 7) is 2.85. The second-order valence-electron chi connectivity index (χ2n) is 7.67. The van der Waals surface area contributed by atoms with Gasteiger partial charge >= 0.3 is 0 Å². The third-order valence-electron chi connectivity index (χ3n) is 5.73. The molecular formula is C20H28N2O3. The van der Waals surface area contributed by atoms with Crippen molar-refractivity contribution in [1.82, 2.24) is 10.2 Å². The summed E-state index contributed by atoms with van der Waals surface area (Å²) in [6.07, 6.45) is 5.37. The fourth-order valence-electron chi connectivity index (χ4n) is 4.14. The predicted octanol–water partition coefficient (Wildman–Crippen LogP) is 2.00. The Bertz CT molecular complexity index is 617. The first-order valence-corrected chi connectivity index (χ1v) is 9.49. The highest BCUT2D eigenvalue weighted by atomic mass is 16.5. The van der Waals surface area contributed by atoms with E-state index >= 15 is 0 Å². The monoisotopic (exact) mass is 344 g/mol. The van der Waals surface area contributed by atoms with E-state index in [-0.39, 0.29) is 11.9 Å². The van der Waals surface area contributed by atoms with Gasteiger partial charge < -0.3 is 14.8 Å². The molecule has 3 atom stereocenters. The highest BCUT2D eigenvalue weighted by Gasteiger charge is 2.42. The summed E-state index contributed by atoms with van der Waals surface area (Å²) in [5.74, 6) is 1.78. The number of methoxy groups -OCH3 is 1. The molecule has 25 heavy (non-hydrogen) atoms. The zero-order valence-electron chi connectivity index (χ0n) is 14.9. The summed E-state index contributed by atoms with van der Waals surface area (Å²) >= 11 is 0. The highest BCUT2D eigenvalue weighted by molar-refractivity contribution is 5.76. The van der Waals surface area contributed by atoms with Crippen LogP contribution in [0.5, 0.6) is 5.75 Å². The summed E-state index contributed by atoms with van der Waals surface area (Å²) in [7, 11) is 1.66. The largest absolute Gasteiger partial charge is 0.497 e. The van der Waals surface area contributed by atoms with Crippen LogP contribution >= 0.6 is 0 Å². The quantitative estimate of drug-likeness (QED) is 0.858. The molecule has 136 valence electrons.